The Labute approximate surface area is 150 Å². The topological polar surface area (TPSA) is 98.5 Å². The fraction of sp³-hybridized carbons (Fsp3) is 0.167. The monoisotopic (exact) mass is 354 g/mol. The average Bonchev–Trinajstić information content (AvgIpc) is 3.20. The van der Waals surface area contributed by atoms with E-state index < -0.39 is 0 Å². The Morgan fingerprint density at radius 1 is 1.15 bits per heavy atom. The van der Waals surface area contributed by atoms with Crippen molar-refractivity contribution in [3.05, 3.63) is 60.4 Å². The Bertz CT molecular complexity index is 881. The highest BCUT2D eigenvalue weighted by molar-refractivity contribution is 6.04. The molecule has 134 valence electrons. The third kappa shape index (κ3) is 4.10. The number of hydrogen-bond acceptors (Lipinski definition) is 7. The highest BCUT2D eigenvalue weighted by atomic mass is 16.5. The zero-order valence-electron chi connectivity index (χ0n) is 14.4. The third-order valence-electron chi connectivity index (χ3n) is 3.58. The quantitative estimate of drug-likeness (QED) is 0.673. The maximum Gasteiger partial charge on any atom is 0.274 e. The number of nitrogens with one attached hydrogen (secondary N) is 2. The van der Waals surface area contributed by atoms with E-state index in [1.807, 2.05) is 6.07 Å². The van der Waals surface area contributed by atoms with Crippen LogP contribution in [0.4, 0.5) is 11.5 Å². The van der Waals surface area contributed by atoms with E-state index in [1.54, 1.807) is 43.7 Å². The van der Waals surface area contributed by atoms with E-state index in [9.17, 15) is 4.79 Å². The van der Waals surface area contributed by atoms with Crippen LogP contribution in [0.3, 0.4) is 0 Å². The molecule has 0 saturated carbocycles. The van der Waals surface area contributed by atoms with Crippen LogP contribution in [-0.2, 0) is 6.54 Å². The number of aromatic nitrogens is 2. The number of nitrogens with zero attached hydrogens (tertiary/aromatic N) is 2. The number of benzene rings is 1. The first-order chi connectivity index (χ1) is 12.7. The minimum atomic E-state index is -0.378. The summed E-state index contributed by atoms with van der Waals surface area (Å²) in [6.45, 7) is 0.456. The summed E-state index contributed by atoms with van der Waals surface area (Å²) >= 11 is 0. The molecule has 0 bridgehead atoms. The second-order valence-electron chi connectivity index (χ2n) is 5.24. The maximum atomic E-state index is 12.5. The highest BCUT2D eigenvalue weighted by Gasteiger charge is 2.13. The van der Waals surface area contributed by atoms with Crippen LogP contribution in [0.5, 0.6) is 11.5 Å². The van der Waals surface area contributed by atoms with E-state index in [2.05, 4.69) is 20.6 Å². The first-order valence-electron chi connectivity index (χ1n) is 7.81. The molecule has 1 aromatic carbocycles. The van der Waals surface area contributed by atoms with Crippen molar-refractivity contribution in [2.45, 2.75) is 6.54 Å². The van der Waals surface area contributed by atoms with E-state index in [-0.39, 0.29) is 11.6 Å². The van der Waals surface area contributed by atoms with Crippen LogP contribution in [0.1, 0.15) is 16.2 Å². The number of rotatable bonds is 7. The van der Waals surface area contributed by atoms with Gasteiger partial charge in [0.1, 0.15) is 35.1 Å². The standard InChI is InChI=1S/C18H18N4O4/c1-24-12-5-6-14(16(8-12)25-2)22-18(23)15-9-17(21-11-20-15)19-10-13-4-3-7-26-13/h3-9,11H,10H2,1-2H3,(H,22,23)(H,19,20,21). The molecule has 0 aliphatic heterocycles. The van der Waals surface area contributed by atoms with E-state index in [0.717, 1.165) is 5.76 Å². The van der Waals surface area contributed by atoms with Crippen molar-refractivity contribution in [2.75, 3.05) is 24.9 Å². The molecule has 0 aliphatic carbocycles. The summed E-state index contributed by atoms with van der Waals surface area (Å²) in [5.41, 5.74) is 0.738. The van der Waals surface area contributed by atoms with Gasteiger partial charge in [-0.2, -0.15) is 0 Å². The molecule has 3 rings (SSSR count). The lowest BCUT2D eigenvalue weighted by atomic mass is 10.2. The van der Waals surface area contributed by atoms with Crippen LogP contribution >= 0.6 is 0 Å². The molecule has 2 aromatic heterocycles. The maximum absolute atomic E-state index is 12.5. The number of furan rings is 1. The molecule has 0 spiro atoms. The van der Waals surface area contributed by atoms with Gasteiger partial charge in [0, 0.05) is 12.1 Å². The minimum absolute atomic E-state index is 0.222. The molecular weight excluding hydrogens is 336 g/mol. The smallest absolute Gasteiger partial charge is 0.274 e. The number of anilines is 2. The molecule has 1 amide bonds. The van der Waals surface area contributed by atoms with Gasteiger partial charge in [-0.1, -0.05) is 0 Å². The lowest BCUT2D eigenvalue weighted by Gasteiger charge is -2.11. The van der Waals surface area contributed by atoms with Gasteiger partial charge in [0.25, 0.3) is 5.91 Å². The van der Waals surface area contributed by atoms with Gasteiger partial charge >= 0.3 is 0 Å². The van der Waals surface area contributed by atoms with Crippen molar-refractivity contribution in [3.8, 4) is 11.5 Å². The summed E-state index contributed by atoms with van der Waals surface area (Å²) < 4.78 is 15.7. The Hall–Kier alpha value is -3.55. The van der Waals surface area contributed by atoms with Crippen LogP contribution in [0, 0.1) is 0 Å². The van der Waals surface area contributed by atoms with E-state index in [1.165, 1.54) is 13.4 Å². The van der Waals surface area contributed by atoms with E-state index in [4.69, 9.17) is 13.9 Å². The van der Waals surface area contributed by atoms with E-state index in [0.29, 0.717) is 29.5 Å². The molecule has 26 heavy (non-hydrogen) atoms. The second-order valence-corrected chi connectivity index (χ2v) is 5.24. The molecule has 0 radical (unpaired) electrons. The predicted molar refractivity (Wildman–Crippen MR) is 95.6 cm³/mol. The summed E-state index contributed by atoms with van der Waals surface area (Å²) in [6.07, 6.45) is 2.92. The molecule has 2 N–H and O–H groups in total. The lowest BCUT2D eigenvalue weighted by molar-refractivity contribution is 0.102. The van der Waals surface area contributed by atoms with Crippen LogP contribution in [0.2, 0.25) is 0 Å². The third-order valence-corrected chi connectivity index (χ3v) is 3.58. The second kappa shape index (κ2) is 8.02. The lowest BCUT2D eigenvalue weighted by Crippen LogP contribution is -2.15. The molecule has 0 aliphatic rings. The van der Waals surface area contributed by atoms with Crippen molar-refractivity contribution in [2.24, 2.45) is 0 Å². The first-order valence-corrected chi connectivity index (χ1v) is 7.81. The summed E-state index contributed by atoms with van der Waals surface area (Å²) in [4.78, 5) is 20.6. The molecular formula is C18H18N4O4. The summed E-state index contributed by atoms with van der Waals surface area (Å²) in [7, 11) is 3.08. The Balaban J connectivity index is 1.71. The fourth-order valence-electron chi connectivity index (χ4n) is 2.26. The zero-order valence-corrected chi connectivity index (χ0v) is 14.4. The summed E-state index contributed by atoms with van der Waals surface area (Å²) in [5, 5.41) is 5.85. The van der Waals surface area contributed by atoms with E-state index >= 15 is 0 Å². The summed E-state index contributed by atoms with van der Waals surface area (Å²) in [5.74, 6) is 2.02. The number of methoxy groups -OCH3 is 2. The normalized spacial score (nSPS) is 10.2. The molecule has 0 unspecified atom stereocenters. The SMILES string of the molecule is COc1ccc(NC(=O)c2cc(NCc3ccco3)ncn2)c(OC)c1. The molecule has 0 fully saturated rings. The van der Waals surface area contributed by atoms with Gasteiger partial charge in [-0.3, -0.25) is 4.79 Å². The molecule has 8 nitrogen and oxygen atoms in total. The van der Waals surface area contributed by atoms with Gasteiger partial charge in [-0.25, -0.2) is 9.97 Å². The fourth-order valence-corrected chi connectivity index (χ4v) is 2.26. The van der Waals surface area contributed by atoms with Crippen molar-refractivity contribution in [3.63, 3.8) is 0 Å². The largest absolute Gasteiger partial charge is 0.497 e. The van der Waals surface area contributed by atoms with Crippen LogP contribution in [-0.4, -0.2) is 30.1 Å². The number of carbonyl (C=O) groups is 1. The van der Waals surface area contributed by atoms with Crippen LogP contribution in [0.25, 0.3) is 0 Å². The Morgan fingerprint density at radius 3 is 2.77 bits per heavy atom. The van der Waals surface area contributed by atoms with Gasteiger partial charge in [-0.05, 0) is 24.3 Å². The van der Waals surface area contributed by atoms with Gasteiger partial charge < -0.3 is 24.5 Å². The molecule has 3 aromatic rings. The van der Waals surface area contributed by atoms with Gasteiger partial charge in [0.05, 0.1) is 32.7 Å². The minimum Gasteiger partial charge on any atom is -0.497 e. The zero-order chi connectivity index (χ0) is 18.4. The highest BCUT2D eigenvalue weighted by Crippen LogP contribution is 2.29. The van der Waals surface area contributed by atoms with Crippen molar-refractivity contribution in [1.82, 2.24) is 9.97 Å². The molecule has 8 heteroatoms. The average molecular weight is 354 g/mol. The van der Waals surface area contributed by atoms with Gasteiger partial charge in [-0.15, -0.1) is 0 Å². The molecule has 2 heterocycles. The van der Waals surface area contributed by atoms with Crippen LogP contribution in [0.15, 0.2) is 53.4 Å². The van der Waals surface area contributed by atoms with Gasteiger partial charge in [0.15, 0.2) is 0 Å². The predicted octanol–water partition coefficient (Wildman–Crippen LogP) is 2.95. The van der Waals surface area contributed by atoms with Crippen LogP contribution < -0.4 is 20.1 Å². The number of carbonyl (C=O) groups excluding carboxylic acids is 1. The van der Waals surface area contributed by atoms with Gasteiger partial charge in [0.2, 0.25) is 0 Å². The van der Waals surface area contributed by atoms with Crippen molar-refractivity contribution >= 4 is 17.4 Å². The van der Waals surface area contributed by atoms with Crippen molar-refractivity contribution < 1.29 is 18.7 Å². The number of amides is 1. The number of hydrogen-bond donors (Lipinski definition) is 2. The number of ether oxygens (including phenoxy) is 2. The Morgan fingerprint density at radius 2 is 2.04 bits per heavy atom. The first kappa shape index (κ1) is 17.3. The van der Waals surface area contributed by atoms with Crippen molar-refractivity contribution in [1.29, 1.82) is 0 Å². The molecule has 0 saturated heterocycles. The Kier molecular flexibility index (Phi) is 5.33. The summed E-state index contributed by atoms with van der Waals surface area (Å²) in [6, 6.07) is 10.3. The molecule has 0 atom stereocenters.